The summed E-state index contributed by atoms with van der Waals surface area (Å²) in [7, 11) is 0. The highest BCUT2D eigenvalue weighted by molar-refractivity contribution is 6.32. The highest BCUT2D eigenvalue weighted by atomic mass is 35.5. The quantitative estimate of drug-likeness (QED) is 0.814. The van der Waals surface area contributed by atoms with Crippen molar-refractivity contribution in [2.45, 2.75) is 6.92 Å². The van der Waals surface area contributed by atoms with E-state index in [1.54, 1.807) is 37.3 Å². The number of nitrogens with two attached hydrogens (primary N) is 1. The summed E-state index contributed by atoms with van der Waals surface area (Å²) < 4.78 is 18.8. The number of rotatable bonds is 2. The zero-order chi connectivity index (χ0) is 12.4. The van der Waals surface area contributed by atoms with Crippen LogP contribution < -0.4 is 10.5 Å². The van der Waals surface area contributed by atoms with Crippen molar-refractivity contribution >= 4 is 17.3 Å². The molecule has 2 aromatic carbocycles. The van der Waals surface area contributed by atoms with Crippen LogP contribution in [0, 0.1) is 12.7 Å². The predicted molar refractivity (Wildman–Crippen MR) is 67.1 cm³/mol. The lowest BCUT2D eigenvalue weighted by atomic mass is 10.2. The summed E-state index contributed by atoms with van der Waals surface area (Å²) in [5.74, 6) is 0.540. The van der Waals surface area contributed by atoms with E-state index in [-0.39, 0.29) is 5.82 Å². The van der Waals surface area contributed by atoms with Gasteiger partial charge in [0.25, 0.3) is 0 Å². The van der Waals surface area contributed by atoms with Crippen LogP contribution in [0.2, 0.25) is 5.02 Å². The van der Waals surface area contributed by atoms with Crippen LogP contribution in [-0.2, 0) is 0 Å². The maximum Gasteiger partial charge on any atom is 0.146 e. The lowest BCUT2D eigenvalue weighted by Gasteiger charge is -2.08. The van der Waals surface area contributed by atoms with Gasteiger partial charge in [0.1, 0.15) is 17.3 Å². The van der Waals surface area contributed by atoms with Gasteiger partial charge in [-0.15, -0.1) is 0 Å². The van der Waals surface area contributed by atoms with Gasteiger partial charge in [0, 0.05) is 11.8 Å². The molecule has 0 aliphatic heterocycles. The minimum Gasteiger partial charge on any atom is -0.456 e. The van der Waals surface area contributed by atoms with E-state index in [1.165, 1.54) is 6.07 Å². The number of nitrogen functional groups attached to an aromatic ring is 1. The largest absolute Gasteiger partial charge is 0.456 e. The van der Waals surface area contributed by atoms with Crippen LogP contribution in [0.1, 0.15) is 5.56 Å². The maximum atomic E-state index is 13.3. The third-order valence-corrected chi connectivity index (χ3v) is 2.62. The van der Waals surface area contributed by atoms with Gasteiger partial charge in [-0.1, -0.05) is 17.7 Å². The molecule has 0 fully saturated rings. The molecule has 0 unspecified atom stereocenters. The average Bonchev–Trinajstić information content (AvgIpc) is 2.27. The first-order chi connectivity index (χ1) is 8.06. The van der Waals surface area contributed by atoms with E-state index in [9.17, 15) is 4.39 Å². The molecule has 0 radical (unpaired) electrons. The van der Waals surface area contributed by atoms with Crippen LogP contribution in [0.25, 0.3) is 0 Å². The van der Waals surface area contributed by atoms with Gasteiger partial charge >= 0.3 is 0 Å². The van der Waals surface area contributed by atoms with Gasteiger partial charge in [0.05, 0.1) is 5.02 Å². The highest BCUT2D eigenvalue weighted by Gasteiger charge is 2.05. The molecule has 0 spiro atoms. The Morgan fingerprint density at radius 2 is 1.94 bits per heavy atom. The van der Waals surface area contributed by atoms with E-state index >= 15 is 0 Å². The average molecular weight is 252 g/mol. The molecule has 2 rings (SSSR count). The molecule has 0 bridgehead atoms. The number of hydrogen-bond acceptors (Lipinski definition) is 2. The number of anilines is 1. The Balaban J connectivity index is 2.28. The summed E-state index contributed by atoms with van der Waals surface area (Å²) in [6, 6.07) is 9.56. The van der Waals surface area contributed by atoms with Gasteiger partial charge in [-0.3, -0.25) is 0 Å². The second-order valence-electron chi connectivity index (χ2n) is 3.70. The summed E-state index contributed by atoms with van der Waals surface area (Å²) in [5, 5.41) is 0.394. The monoisotopic (exact) mass is 251 g/mol. The molecule has 0 aromatic heterocycles. The van der Waals surface area contributed by atoms with E-state index in [2.05, 4.69) is 0 Å². The number of hydrogen-bond donors (Lipinski definition) is 1. The third kappa shape index (κ3) is 2.68. The molecule has 2 aromatic rings. The van der Waals surface area contributed by atoms with Crippen LogP contribution in [-0.4, -0.2) is 0 Å². The highest BCUT2D eigenvalue weighted by Crippen LogP contribution is 2.31. The summed E-state index contributed by atoms with van der Waals surface area (Å²) >= 11 is 5.95. The zero-order valence-electron chi connectivity index (χ0n) is 9.21. The molecule has 17 heavy (non-hydrogen) atoms. The number of benzene rings is 2. The minimum absolute atomic E-state index is 0.311. The van der Waals surface area contributed by atoms with Crippen molar-refractivity contribution < 1.29 is 9.13 Å². The molecule has 0 aliphatic rings. The Labute approximate surface area is 104 Å². The van der Waals surface area contributed by atoms with Crippen LogP contribution in [0.4, 0.5) is 10.1 Å². The van der Waals surface area contributed by atoms with Crippen molar-refractivity contribution in [1.82, 2.24) is 0 Å². The molecule has 0 saturated heterocycles. The van der Waals surface area contributed by atoms with Gasteiger partial charge < -0.3 is 10.5 Å². The molecule has 2 nitrogen and oxygen atoms in total. The van der Waals surface area contributed by atoms with Gasteiger partial charge in [-0.25, -0.2) is 4.39 Å². The summed E-state index contributed by atoms with van der Waals surface area (Å²) in [5.41, 5.74) is 6.69. The van der Waals surface area contributed by atoms with E-state index in [4.69, 9.17) is 22.1 Å². The molecule has 0 saturated carbocycles. The van der Waals surface area contributed by atoms with Gasteiger partial charge in [0.15, 0.2) is 0 Å². The smallest absolute Gasteiger partial charge is 0.146 e. The molecule has 0 heterocycles. The summed E-state index contributed by atoms with van der Waals surface area (Å²) in [6.45, 7) is 1.69. The second kappa shape index (κ2) is 4.63. The van der Waals surface area contributed by atoms with E-state index in [0.29, 0.717) is 27.8 Å². The Hall–Kier alpha value is -1.74. The van der Waals surface area contributed by atoms with E-state index in [0.717, 1.165) is 0 Å². The van der Waals surface area contributed by atoms with Gasteiger partial charge in [-0.2, -0.15) is 0 Å². The van der Waals surface area contributed by atoms with Crippen molar-refractivity contribution in [1.29, 1.82) is 0 Å². The maximum absolute atomic E-state index is 13.3. The van der Waals surface area contributed by atoms with Crippen LogP contribution in [0.3, 0.4) is 0 Å². The van der Waals surface area contributed by atoms with Gasteiger partial charge in [0.2, 0.25) is 0 Å². The predicted octanol–water partition coefficient (Wildman–Crippen LogP) is 4.16. The molecule has 2 N–H and O–H groups in total. The number of ether oxygens (including phenoxy) is 1. The van der Waals surface area contributed by atoms with E-state index < -0.39 is 0 Å². The molecular formula is C13H11ClFNO. The number of aryl methyl sites for hydroxylation is 1. The fourth-order valence-corrected chi connectivity index (χ4v) is 1.59. The Kier molecular flexibility index (Phi) is 3.20. The van der Waals surface area contributed by atoms with Crippen LogP contribution >= 0.6 is 11.6 Å². The fraction of sp³-hybridized carbons (Fsp3) is 0.0769. The standard InChI is InChI=1S/C13H11ClFNO/c1-8-2-4-10(7-12(8)15)17-13-5-3-9(16)6-11(13)14/h2-7H,16H2,1H3. The Morgan fingerprint density at radius 3 is 2.59 bits per heavy atom. The van der Waals surface area contributed by atoms with Crippen molar-refractivity contribution in [3.8, 4) is 11.5 Å². The van der Waals surface area contributed by atoms with E-state index in [1.807, 2.05) is 0 Å². The van der Waals surface area contributed by atoms with Crippen molar-refractivity contribution in [2.75, 3.05) is 5.73 Å². The van der Waals surface area contributed by atoms with Crippen molar-refractivity contribution in [2.24, 2.45) is 0 Å². The summed E-state index contributed by atoms with van der Waals surface area (Å²) in [6.07, 6.45) is 0. The first kappa shape index (κ1) is 11.7. The topological polar surface area (TPSA) is 35.2 Å². The Morgan fingerprint density at radius 1 is 1.18 bits per heavy atom. The second-order valence-corrected chi connectivity index (χ2v) is 4.11. The third-order valence-electron chi connectivity index (χ3n) is 2.33. The molecule has 88 valence electrons. The minimum atomic E-state index is -0.311. The van der Waals surface area contributed by atoms with Crippen molar-refractivity contribution in [3.63, 3.8) is 0 Å². The zero-order valence-corrected chi connectivity index (χ0v) is 9.96. The number of halogens is 2. The van der Waals surface area contributed by atoms with Crippen LogP contribution in [0.5, 0.6) is 11.5 Å². The van der Waals surface area contributed by atoms with Crippen LogP contribution in [0.15, 0.2) is 36.4 Å². The van der Waals surface area contributed by atoms with Gasteiger partial charge in [-0.05, 0) is 36.8 Å². The molecule has 0 atom stereocenters. The lowest BCUT2D eigenvalue weighted by Crippen LogP contribution is -1.90. The first-order valence-electron chi connectivity index (χ1n) is 5.05. The summed E-state index contributed by atoms with van der Waals surface area (Å²) in [4.78, 5) is 0. The first-order valence-corrected chi connectivity index (χ1v) is 5.43. The normalized spacial score (nSPS) is 10.3. The molecule has 0 aliphatic carbocycles. The fourth-order valence-electron chi connectivity index (χ4n) is 1.36. The van der Waals surface area contributed by atoms with Crippen molar-refractivity contribution in [3.05, 3.63) is 52.8 Å². The Bertz CT molecular complexity index is 557. The molecule has 0 amide bonds. The molecule has 4 heteroatoms. The SMILES string of the molecule is Cc1ccc(Oc2ccc(N)cc2Cl)cc1F. The molecular weight excluding hydrogens is 241 g/mol. The lowest BCUT2D eigenvalue weighted by molar-refractivity contribution is 0.476.